The number of hydrazone groups is 1. The highest BCUT2D eigenvalue weighted by Gasteiger charge is 2.27. The Bertz CT molecular complexity index is 1110. The van der Waals surface area contributed by atoms with Gasteiger partial charge in [-0.2, -0.15) is 5.10 Å². The lowest BCUT2D eigenvalue weighted by atomic mass is 10.3. The number of sulfonamides is 1. The minimum absolute atomic E-state index is 0.0141. The number of amides is 1. The van der Waals surface area contributed by atoms with Crippen molar-refractivity contribution >= 4 is 62.9 Å². The fourth-order valence-corrected chi connectivity index (χ4v) is 4.67. The van der Waals surface area contributed by atoms with Crippen LogP contribution in [0.4, 0.5) is 10.5 Å². The Kier molecular flexibility index (Phi) is 13.1. The second kappa shape index (κ2) is 15.2. The maximum atomic E-state index is 13.3. The van der Waals surface area contributed by atoms with Gasteiger partial charge in [-0.05, 0) is 48.9 Å². The molecule has 0 spiro atoms. The van der Waals surface area contributed by atoms with E-state index in [1.165, 1.54) is 53.8 Å². The van der Waals surface area contributed by atoms with Gasteiger partial charge in [0.15, 0.2) is 0 Å². The maximum absolute atomic E-state index is 13.3. The van der Waals surface area contributed by atoms with Crippen molar-refractivity contribution in [3.63, 3.8) is 0 Å². The average molecular weight is 564 g/mol. The van der Waals surface area contributed by atoms with E-state index in [1.54, 1.807) is 0 Å². The smallest absolute Gasteiger partial charge is 0.407 e. The molecule has 2 rings (SSSR count). The summed E-state index contributed by atoms with van der Waals surface area (Å²) >= 11 is 18.2. The molecule has 0 atom stereocenters. The van der Waals surface area contributed by atoms with Crippen LogP contribution < -0.4 is 21.3 Å². The van der Waals surface area contributed by atoms with Crippen molar-refractivity contribution in [1.29, 1.82) is 0 Å². The van der Waals surface area contributed by atoms with Crippen LogP contribution in [0.15, 0.2) is 52.5 Å². The molecular weight excluding hydrogens is 539 g/mol. The summed E-state index contributed by atoms with van der Waals surface area (Å²) in [7, 11) is -4.07. The number of nitrogens with zero attached hydrogens (tertiary/aromatic N) is 3. The topological polar surface area (TPSA) is 143 Å². The second-order valence-electron chi connectivity index (χ2n) is 6.55. The average Bonchev–Trinajstić information content (AvgIpc) is 2.83. The molecule has 2 aromatic rings. The number of rotatable bonds is 11. The summed E-state index contributed by atoms with van der Waals surface area (Å²) in [4.78, 5) is 11.9. The first kappa shape index (κ1) is 30.2. The van der Waals surface area contributed by atoms with E-state index in [0.717, 1.165) is 4.31 Å². The molecule has 1 amide bonds. The van der Waals surface area contributed by atoms with Crippen LogP contribution in [0.25, 0.3) is 0 Å². The highest BCUT2D eigenvalue weighted by Crippen LogP contribution is 2.33. The summed E-state index contributed by atoms with van der Waals surface area (Å²) in [6.07, 6.45) is 9.04. The van der Waals surface area contributed by atoms with E-state index < -0.39 is 16.1 Å². The van der Waals surface area contributed by atoms with E-state index in [2.05, 4.69) is 23.3 Å². The Morgan fingerprint density at radius 3 is 2.34 bits per heavy atom. The number of alkyl carbamates (subject to hydrolysis) is 1. The van der Waals surface area contributed by atoms with E-state index in [0.29, 0.717) is 18.0 Å². The van der Waals surface area contributed by atoms with Crippen LogP contribution in [0.3, 0.4) is 0 Å². The number of hydrazine groups is 1. The fourth-order valence-electron chi connectivity index (χ4n) is 2.65. The Balaban J connectivity index is 0.00000298. The minimum Gasteiger partial charge on any atom is -0.448 e. The zero-order valence-electron chi connectivity index (χ0n) is 18.5. The van der Waals surface area contributed by atoms with E-state index in [9.17, 15) is 13.2 Å². The molecule has 0 aromatic heterocycles. The molecule has 0 saturated heterocycles. The van der Waals surface area contributed by atoms with Gasteiger partial charge in [0.2, 0.25) is 0 Å². The lowest BCUT2D eigenvalue weighted by Gasteiger charge is -2.25. The van der Waals surface area contributed by atoms with Crippen molar-refractivity contribution in [2.45, 2.75) is 11.3 Å². The van der Waals surface area contributed by atoms with E-state index in [-0.39, 0.29) is 40.3 Å². The molecular formula is C21H25Cl3N6O4S. The zero-order valence-corrected chi connectivity index (χ0v) is 21.6. The third kappa shape index (κ3) is 9.71. The number of carbonyl (C=O) groups is 1. The number of hydrogen-bond acceptors (Lipinski definition) is 7. The monoisotopic (exact) mass is 562 g/mol. The number of nitrogens with one attached hydrogen (secondary N) is 1. The SMILES string of the molecule is C#C.N/N=C\N(N)CCCNC(=O)OCCN(c1cc(Cl)ccc1Cl)S(=O)(=O)c1ccc(Cl)cc1. The first-order valence-corrected chi connectivity index (χ1v) is 12.4. The van der Waals surface area contributed by atoms with Gasteiger partial charge in [-0.25, -0.2) is 19.1 Å². The van der Waals surface area contributed by atoms with E-state index in [1.807, 2.05) is 0 Å². The number of halogens is 3. The number of nitrogens with two attached hydrogens (primary N) is 2. The van der Waals surface area contributed by atoms with Crippen LogP contribution in [0.1, 0.15) is 6.42 Å². The Labute approximate surface area is 219 Å². The molecule has 190 valence electrons. The van der Waals surface area contributed by atoms with Crippen LogP contribution in [0.2, 0.25) is 15.1 Å². The molecule has 0 bridgehead atoms. The first-order valence-electron chi connectivity index (χ1n) is 9.87. The summed E-state index contributed by atoms with van der Waals surface area (Å²) in [5, 5.41) is 7.92. The highest BCUT2D eigenvalue weighted by atomic mass is 35.5. The maximum Gasteiger partial charge on any atom is 0.407 e. The van der Waals surface area contributed by atoms with Crippen LogP contribution in [-0.2, 0) is 14.8 Å². The van der Waals surface area contributed by atoms with Gasteiger partial charge in [-0.3, -0.25) is 9.31 Å². The second-order valence-corrected chi connectivity index (χ2v) is 9.69. The molecule has 35 heavy (non-hydrogen) atoms. The van der Waals surface area contributed by atoms with Gasteiger partial charge in [0.1, 0.15) is 12.9 Å². The molecule has 14 heteroatoms. The number of ether oxygens (including phenoxy) is 1. The molecule has 0 aliphatic rings. The summed E-state index contributed by atoms with van der Waals surface area (Å²) in [6.45, 7) is 0.228. The molecule has 0 aliphatic heterocycles. The zero-order chi connectivity index (χ0) is 26.4. The summed E-state index contributed by atoms with van der Waals surface area (Å²) in [5.41, 5.74) is 0.146. The van der Waals surface area contributed by atoms with Crippen LogP contribution >= 0.6 is 34.8 Å². The molecule has 0 saturated carbocycles. The van der Waals surface area contributed by atoms with Gasteiger partial charge < -0.3 is 15.9 Å². The van der Waals surface area contributed by atoms with Crippen molar-refractivity contribution in [2.75, 3.05) is 30.5 Å². The normalized spacial score (nSPS) is 10.8. The number of hydrogen-bond donors (Lipinski definition) is 3. The Morgan fingerprint density at radius 2 is 1.71 bits per heavy atom. The van der Waals surface area contributed by atoms with Crippen molar-refractivity contribution in [3.8, 4) is 12.8 Å². The van der Waals surface area contributed by atoms with Gasteiger partial charge in [0.05, 0.1) is 22.2 Å². The summed E-state index contributed by atoms with van der Waals surface area (Å²) < 4.78 is 32.7. The van der Waals surface area contributed by atoms with Crippen LogP contribution in [0.5, 0.6) is 0 Å². The first-order chi connectivity index (χ1) is 16.6. The van der Waals surface area contributed by atoms with Crippen LogP contribution in [-0.4, -0.2) is 52.1 Å². The molecule has 5 N–H and O–H groups in total. The fraction of sp³-hybridized carbons (Fsp3) is 0.238. The molecule has 2 aromatic carbocycles. The highest BCUT2D eigenvalue weighted by molar-refractivity contribution is 7.92. The Hall–Kier alpha value is -2.88. The van der Waals surface area contributed by atoms with Crippen molar-refractivity contribution < 1.29 is 17.9 Å². The molecule has 0 unspecified atom stereocenters. The van der Waals surface area contributed by atoms with Gasteiger partial charge in [-0.1, -0.05) is 34.8 Å². The van der Waals surface area contributed by atoms with Crippen molar-refractivity contribution in [1.82, 2.24) is 10.3 Å². The number of carbonyl (C=O) groups excluding carboxylic acids is 1. The summed E-state index contributed by atoms with van der Waals surface area (Å²) in [6, 6.07) is 10.1. The standard InChI is InChI=1S/C19H23Cl3N6O4S.C2H2/c20-14-2-5-16(6-3-14)33(30,31)28(18-12-15(21)4-7-17(18)22)10-11-32-19(29)25-8-1-9-27(24)13-26-23;1-2/h2-7,12-13H,1,8-11,23-24H2,(H,25,29);1-2H/b26-13-;. The largest absolute Gasteiger partial charge is 0.448 e. The number of benzene rings is 2. The molecule has 0 radical (unpaired) electrons. The third-order valence-electron chi connectivity index (χ3n) is 4.18. The van der Waals surface area contributed by atoms with Gasteiger partial charge in [0.25, 0.3) is 10.0 Å². The van der Waals surface area contributed by atoms with Crippen LogP contribution in [0, 0.1) is 12.8 Å². The lowest BCUT2D eigenvalue weighted by Crippen LogP contribution is -2.37. The molecule has 0 heterocycles. The minimum atomic E-state index is -4.07. The predicted molar refractivity (Wildman–Crippen MR) is 140 cm³/mol. The number of terminal acetylenes is 1. The van der Waals surface area contributed by atoms with E-state index in [4.69, 9.17) is 51.2 Å². The lowest BCUT2D eigenvalue weighted by molar-refractivity contribution is 0.149. The predicted octanol–water partition coefficient (Wildman–Crippen LogP) is 3.29. The molecule has 10 nitrogen and oxygen atoms in total. The van der Waals surface area contributed by atoms with Crippen molar-refractivity contribution in [3.05, 3.63) is 57.5 Å². The van der Waals surface area contributed by atoms with E-state index >= 15 is 0 Å². The van der Waals surface area contributed by atoms with Crippen molar-refractivity contribution in [2.24, 2.45) is 16.8 Å². The third-order valence-corrected chi connectivity index (χ3v) is 6.82. The quantitative estimate of drug-likeness (QED) is 0.0950. The van der Waals surface area contributed by atoms with Gasteiger partial charge >= 0.3 is 6.09 Å². The molecule has 0 fully saturated rings. The van der Waals surface area contributed by atoms with Gasteiger partial charge in [-0.15, -0.1) is 12.8 Å². The Morgan fingerprint density at radius 1 is 1.09 bits per heavy atom. The van der Waals surface area contributed by atoms with Gasteiger partial charge in [0, 0.05) is 23.1 Å². The molecule has 0 aliphatic carbocycles. The summed E-state index contributed by atoms with van der Waals surface area (Å²) in [5.74, 6) is 10.5. The number of anilines is 1.